The summed E-state index contributed by atoms with van der Waals surface area (Å²) in [6.45, 7) is 2.12. The number of aromatic carboxylic acids is 1. The van der Waals surface area contributed by atoms with E-state index < -0.39 is 16.0 Å². The Morgan fingerprint density at radius 2 is 2.05 bits per heavy atom. The van der Waals surface area contributed by atoms with E-state index in [1.165, 1.54) is 10.8 Å². The molecule has 0 bridgehead atoms. The van der Waals surface area contributed by atoms with Crippen molar-refractivity contribution < 1.29 is 18.3 Å². The number of hydrogen-bond acceptors (Lipinski definition) is 3. The van der Waals surface area contributed by atoms with Crippen LogP contribution in [0.3, 0.4) is 0 Å². The number of sulfonamides is 1. The number of carboxylic acids is 1. The molecule has 21 heavy (non-hydrogen) atoms. The van der Waals surface area contributed by atoms with Crippen LogP contribution in [0.4, 0.5) is 5.69 Å². The Hall–Kier alpha value is -1.55. The van der Waals surface area contributed by atoms with Crippen molar-refractivity contribution in [2.24, 2.45) is 0 Å². The molecule has 0 saturated carbocycles. The molecule has 0 amide bonds. The van der Waals surface area contributed by atoms with Gasteiger partial charge in [0.1, 0.15) is 10.6 Å². The third kappa shape index (κ3) is 3.38. The molecule has 0 aliphatic carbocycles. The second-order valence-corrected chi connectivity index (χ2v) is 7.08. The molecule has 2 aromatic rings. The van der Waals surface area contributed by atoms with Crippen LogP contribution in [0.25, 0.3) is 0 Å². The van der Waals surface area contributed by atoms with Gasteiger partial charge >= 0.3 is 5.97 Å². The van der Waals surface area contributed by atoms with Crippen LogP contribution in [-0.2, 0) is 16.6 Å². The van der Waals surface area contributed by atoms with E-state index in [4.69, 9.17) is 5.11 Å². The fraction of sp³-hybridized carbons (Fsp3) is 0.154. The number of carboxylic acid groups (broad SMARTS) is 1. The molecule has 0 fully saturated rings. The first-order valence-electron chi connectivity index (χ1n) is 6.06. The molecule has 6 nitrogen and oxygen atoms in total. The lowest BCUT2D eigenvalue weighted by Crippen LogP contribution is -2.13. The van der Waals surface area contributed by atoms with Gasteiger partial charge in [0.05, 0.1) is 5.69 Å². The van der Waals surface area contributed by atoms with Gasteiger partial charge in [0.15, 0.2) is 0 Å². The molecular formula is C13H13IN2O4S. The molecule has 0 unspecified atom stereocenters. The van der Waals surface area contributed by atoms with E-state index in [1.807, 2.05) is 22.6 Å². The van der Waals surface area contributed by atoms with Crippen LogP contribution in [-0.4, -0.2) is 24.1 Å². The summed E-state index contributed by atoms with van der Waals surface area (Å²) in [5, 5.41) is 9.07. The smallest absolute Gasteiger partial charge is 0.352 e. The van der Waals surface area contributed by atoms with E-state index in [-0.39, 0.29) is 10.6 Å². The van der Waals surface area contributed by atoms with Gasteiger partial charge in [-0.25, -0.2) is 13.2 Å². The minimum atomic E-state index is -3.82. The van der Waals surface area contributed by atoms with Gasteiger partial charge in [0.25, 0.3) is 10.0 Å². The standard InChI is InChI=1S/C13H13IN2O4S/c1-2-16-8-9(7-12(16)13(17)18)21(19,20)15-11-6-4-3-5-10(11)14/h3-8,15H,2H2,1H3,(H,17,18). The van der Waals surface area contributed by atoms with E-state index in [2.05, 4.69) is 4.72 Å². The number of benzene rings is 1. The number of hydrogen-bond donors (Lipinski definition) is 2. The number of nitrogens with zero attached hydrogens (tertiary/aromatic N) is 1. The topological polar surface area (TPSA) is 88.4 Å². The molecule has 0 saturated heterocycles. The predicted octanol–water partition coefficient (Wildman–Crippen LogP) is 2.61. The van der Waals surface area contributed by atoms with Crippen LogP contribution in [0, 0.1) is 3.57 Å². The Bertz CT molecular complexity index is 783. The molecule has 0 aliphatic heterocycles. The highest BCUT2D eigenvalue weighted by molar-refractivity contribution is 14.1. The zero-order chi connectivity index (χ0) is 15.6. The first-order valence-corrected chi connectivity index (χ1v) is 8.62. The highest BCUT2D eigenvalue weighted by Crippen LogP contribution is 2.22. The maximum absolute atomic E-state index is 12.3. The van der Waals surface area contributed by atoms with E-state index >= 15 is 0 Å². The highest BCUT2D eigenvalue weighted by atomic mass is 127. The number of aryl methyl sites for hydroxylation is 1. The van der Waals surface area contributed by atoms with Gasteiger partial charge in [-0.3, -0.25) is 4.72 Å². The lowest BCUT2D eigenvalue weighted by molar-refractivity contribution is 0.0685. The first kappa shape index (κ1) is 15.8. The highest BCUT2D eigenvalue weighted by Gasteiger charge is 2.21. The summed E-state index contributed by atoms with van der Waals surface area (Å²) < 4.78 is 29.3. The molecule has 112 valence electrons. The molecule has 8 heteroatoms. The normalized spacial score (nSPS) is 11.3. The SMILES string of the molecule is CCn1cc(S(=O)(=O)Nc2ccccc2I)cc1C(=O)O. The predicted molar refractivity (Wildman–Crippen MR) is 87.0 cm³/mol. The van der Waals surface area contributed by atoms with Crippen molar-refractivity contribution in [1.29, 1.82) is 0 Å². The van der Waals surface area contributed by atoms with Crippen molar-refractivity contribution in [1.82, 2.24) is 4.57 Å². The zero-order valence-corrected chi connectivity index (χ0v) is 14.1. The maximum Gasteiger partial charge on any atom is 0.352 e. The number of para-hydroxylation sites is 1. The lowest BCUT2D eigenvalue weighted by atomic mass is 10.3. The molecule has 0 atom stereocenters. The fourth-order valence-electron chi connectivity index (χ4n) is 1.82. The molecular weight excluding hydrogens is 407 g/mol. The van der Waals surface area contributed by atoms with Gasteiger partial charge in [0.2, 0.25) is 0 Å². The number of rotatable bonds is 5. The molecule has 0 aliphatic rings. The molecule has 2 rings (SSSR count). The van der Waals surface area contributed by atoms with Crippen LogP contribution in [0.5, 0.6) is 0 Å². The van der Waals surface area contributed by atoms with Crippen molar-refractivity contribution >= 4 is 44.3 Å². The molecule has 1 heterocycles. The number of nitrogens with one attached hydrogen (secondary N) is 1. The van der Waals surface area contributed by atoms with Crippen LogP contribution >= 0.6 is 22.6 Å². The van der Waals surface area contributed by atoms with Crippen molar-refractivity contribution in [3.8, 4) is 0 Å². The van der Waals surface area contributed by atoms with E-state index in [9.17, 15) is 13.2 Å². The summed E-state index contributed by atoms with van der Waals surface area (Å²) in [7, 11) is -3.82. The van der Waals surface area contributed by atoms with E-state index in [0.717, 1.165) is 9.64 Å². The first-order chi connectivity index (χ1) is 9.85. The number of carbonyl (C=O) groups is 1. The summed E-state index contributed by atoms with van der Waals surface area (Å²) in [5.41, 5.74) is 0.403. The third-order valence-corrected chi connectivity index (χ3v) is 5.13. The summed E-state index contributed by atoms with van der Waals surface area (Å²) in [6.07, 6.45) is 1.32. The van der Waals surface area contributed by atoms with Crippen molar-refractivity contribution in [3.05, 3.63) is 45.8 Å². The summed E-state index contributed by atoms with van der Waals surface area (Å²) in [6, 6.07) is 8.10. The van der Waals surface area contributed by atoms with Crippen molar-refractivity contribution in [2.75, 3.05) is 4.72 Å². The zero-order valence-electron chi connectivity index (χ0n) is 11.1. The summed E-state index contributed by atoms with van der Waals surface area (Å²) in [4.78, 5) is 11.0. The molecule has 0 radical (unpaired) electrons. The van der Waals surface area contributed by atoms with Crippen LogP contribution in [0.15, 0.2) is 41.4 Å². The van der Waals surface area contributed by atoms with Gasteiger partial charge in [0, 0.05) is 16.3 Å². The average Bonchev–Trinajstić information content (AvgIpc) is 2.86. The minimum absolute atomic E-state index is 0.0550. The second-order valence-electron chi connectivity index (χ2n) is 4.24. The number of aromatic nitrogens is 1. The molecule has 1 aromatic carbocycles. The number of anilines is 1. The second kappa shape index (κ2) is 6.06. The minimum Gasteiger partial charge on any atom is -0.477 e. The van der Waals surface area contributed by atoms with E-state index in [1.54, 1.807) is 31.2 Å². The Labute approximate surface area is 136 Å². The molecule has 1 aromatic heterocycles. The Morgan fingerprint density at radius 3 is 2.57 bits per heavy atom. The molecule has 0 spiro atoms. The fourth-order valence-corrected chi connectivity index (χ4v) is 3.64. The average molecular weight is 420 g/mol. The van der Waals surface area contributed by atoms with Gasteiger partial charge in [-0.2, -0.15) is 0 Å². The van der Waals surface area contributed by atoms with Crippen LogP contribution in [0.2, 0.25) is 0 Å². The van der Waals surface area contributed by atoms with Crippen molar-refractivity contribution in [2.45, 2.75) is 18.4 Å². The summed E-state index contributed by atoms with van der Waals surface area (Å²) in [5.74, 6) is -1.16. The van der Waals surface area contributed by atoms with Gasteiger partial charge in [-0.05, 0) is 47.7 Å². The monoisotopic (exact) mass is 420 g/mol. The van der Waals surface area contributed by atoms with Crippen molar-refractivity contribution in [3.63, 3.8) is 0 Å². The third-order valence-electron chi connectivity index (χ3n) is 2.86. The quantitative estimate of drug-likeness (QED) is 0.729. The van der Waals surface area contributed by atoms with E-state index in [0.29, 0.717) is 12.2 Å². The number of halogens is 1. The Balaban J connectivity index is 2.41. The van der Waals surface area contributed by atoms with Crippen LogP contribution < -0.4 is 4.72 Å². The summed E-state index contributed by atoms with van der Waals surface area (Å²) >= 11 is 2.02. The molecule has 2 N–H and O–H groups in total. The van der Waals surface area contributed by atoms with Crippen LogP contribution in [0.1, 0.15) is 17.4 Å². The van der Waals surface area contributed by atoms with Gasteiger partial charge < -0.3 is 9.67 Å². The Morgan fingerprint density at radius 1 is 1.38 bits per heavy atom. The Kier molecular flexibility index (Phi) is 4.57. The maximum atomic E-state index is 12.3. The largest absolute Gasteiger partial charge is 0.477 e. The van der Waals surface area contributed by atoms with Gasteiger partial charge in [-0.1, -0.05) is 12.1 Å². The van der Waals surface area contributed by atoms with Gasteiger partial charge in [-0.15, -0.1) is 0 Å². The lowest BCUT2D eigenvalue weighted by Gasteiger charge is -2.08.